The van der Waals surface area contributed by atoms with Gasteiger partial charge in [-0.1, -0.05) is 11.2 Å². The fraction of sp³-hybridized carbons (Fsp3) is 0.529. The number of piperazine rings is 1. The molecule has 5 nitrogen and oxygen atoms in total. The van der Waals surface area contributed by atoms with E-state index in [0.29, 0.717) is 5.89 Å². The van der Waals surface area contributed by atoms with Crippen molar-refractivity contribution < 1.29 is 4.52 Å². The largest absolute Gasteiger partial charge is 0.334 e. The van der Waals surface area contributed by atoms with Gasteiger partial charge in [-0.2, -0.15) is 4.98 Å². The van der Waals surface area contributed by atoms with Crippen molar-refractivity contribution in [2.75, 3.05) is 26.7 Å². The Hall–Kier alpha value is -1.72. The summed E-state index contributed by atoms with van der Waals surface area (Å²) in [5.74, 6) is 1.42. The van der Waals surface area contributed by atoms with Crippen LogP contribution in [-0.2, 0) is 12.8 Å². The minimum absolute atomic E-state index is 0.198. The summed E-state index contributed by atoms with van der Waals surface area (Å²) in [5.41, 5.74) is 3.97. The smallest absolute Gasteiger partial charge is 0.257 e. The predicted molar refractivity (Wildman–Crippen MR) is 84.6 cm³/mol. The van der Waals surface area contributed by atoms with Crippen molar-refractivity contribution in [2.45, 2.75) is 31.7 Å². The van der Waals surface area contributed by atoms with Gasteiger partial charge in [-0.3, -0.25) is 4.90 Å². The van der Waals surface area contributed by atoms with E-state index in [2.05, 4.69) is 45.6 Å². The molecule has 1 saturated heterocycles. The van der Waals surface area contributed by atoms with Gasteiger partial charge in [-0.15, -0.1) is 0 Å². The average molecular weight is 298 g/mol. The third-order valence-corrected chi connectivity index (χ3v) is 4.85. The van der Waals surface area contributed by atoms with Crippen molar-refractivity contribution in [3.8, 4) is 11.5 Å². The predicted octanol–water partition coefficient (Wildman–Crippen LogP) is 2.19. The fourth-order valence-corrected chi connectivity index (χ4v) is 3.45. The summed E-state index contributed by atoms with van der Waals surface area (Å²) in [5, 5.41) is 7.60. The lowest BCUT2D eigenvalue weighted by Gasteiger charge is -2.30. The molecule has 1 aromatic carbocycles. The van der Waals surface area contributed by atoms with Gasteiger partial charge in [0.2, 0.25) is 0 Å². The van der Waals surface area contributed by atoms with E-state index in [4.69, 9.17) is 4.52 Å². The van der Waals surface area contributed by atoms with Crippen LogP contribution in [0, 0.1) is 0 Å². The van der Waals surface area contributed by atoms with Crippen molar-refractivity contribution in [3.63, 3.8) is 0 Å². The molecule has 2 aromatic rings. The summed E-state index contributed by atoms with van der Waals surface area (Å²) in [6, 6.07) is 6.77. The summed E-state index contributed by atoms with van der Waals surface area (Å²) >= 11 is 0. The van der Waals surface area contributed by atoms with Crippen molar-refractivity contribution in [1.82, 2.24) is 20.4 Å². The highest BCUT2D eigenvalue weighted by Crippen LogP contribution is 2.28. The van der Waals surface area contributed by atoms with E-state index in [1.54, 1.807) is 0 Å². The molecule has 1 fully saturated rings. The van der Waals surface area contributed by atoms with Gasteiger partial charge in [-0.25, -0.2) is 0 Å². The summed E-state index contributed by atoms with van der Waals surface area (Å²) in [6.45, 7) is 2.90. The van der Waals surface area contributed by atoms with Crippen LogP contribution in [0.2, 0.25) is 0 Å². The molecule has 2 heterocycles. The zero-order valence-electron chi connectivity index (χ0n) is 13.0. The molecule has 22 heavy (non-hydrogen) atoms. The molecule has 0 saturated carbocycles. The Balaban J connectivity index is 1.61. The number of fused-ring (bicyclic) bond motifs is 1. The molecule has 0 radical (unpaired) electrons. The maximum Gasteiger partial charge on any atom is 0.257 e. The zero-order chi connectivity index (χ0) is 14.9. The van der Waals surface area contributed by atoms with Crippen LogP contribution >= 0.6 is 0 Å². The van der Waals surface area contributed by atoms with Gasteiger partial charge >= 0.3 is 0 Å². The fourth-order valence-electron chi connectivity index (χ4n) is 3.45. The highest BCUT2D eigenvalue weighted by atomic mass is 16.5. The van der Waals surface area contributed by atoms with Crippen molar-refractivity contribution in [3.05, 3.63) is 35.2 Å². The van der Waals surface area contributed by atoms with E-state index in [1.165, 1.54) is 36.8 Å². The second-order valence-corrected chi connectivity index (χ2v) is 6.35. The maximum atomic E-state index is 5.53. The Morgan fingerprint density at radius 2 is 2.09 bits per heavy atom. The maximum absolute atomic E-state index is 5.53. The van der Waals surface area contributed by atoms with Crippen molar-refractivity contribution in [1.29, 1.82) is 0 Å². The second-order valence-electron chi connectivity index (χ2n) is 6.35. The Bertz CT molecular complexity index is 666. The van der Waals surface area contributed by atoms with E-state index in [0.717, 1.165) is 31.0 Å². The molecular weight excluding hydrogens is 276 g/mol. The highest BCUT2D eigenvalue weighted by molar-refractivity contribution is 5.56. The highest BCUT2D eigenvalue weighted by Gasteiger charge is 2.25. The monoisotopic (exact) mass is 298 g/mol. The van der Waals surface area contributed by atoms with Gasteiger partial charge in [-0.05, 0) is 56.0 Å². The molecule has 4 rings (SSSR count). The molecular formula is C17H22N4O. The Kier molecular flexibility index (Phi) is 3.68. The summed E-state index contributed by atoms with van der Waals surface area (Å²) in [4.78, 5) is 6.92. The number of hydrogen-bond acceptors (Lipinski definition) is 5. The number of nitrogens with zero attached hydrogens (tertiary/aromatic N) is 3. The molecule has 2 aliphatic rings. The van der Waals surface area contributed by atoms with E-state index in [-0.39, 0.29) is 6.04 Å². The van der Waals surface area contributed by atoms with E-state index < -0.39 is 0 Å². The third-order valence-electron chi connectivity index (χ3n) is 4.85. The minimum atomic E-state index is 0.198. The minimum Gasteiger partial charge on any atom is -0.334 e. The standard InChI is InChI=1S/C17H22N4O/c1-21-9-8-18-11-15(21)16-19-17(22-20-16)14-7-6-12-4-2-3-5-13(12)10-14/h6-7,10,15,18H,2-5,8-9,11H2,1H3. The lowest BCUT2D eigenvalue weighted by molar-refractivity contribution is 0.190. The number of aromatic nitrogens is 2. The third kappa shape index (κ3) is 2.55. The Labute approximate surface area is 130 Å². The first-order chi connectivity index (χ1) is 10.8. The molecule has 0 bridgehead atoms. The van der Waals surface area contributed by atoms with Gasteiger partial charge in [0.1, 0.15) is 0 Å². The van der Waals surface area contributed by atoms with E-state index in [9.17, 15) is 0 Å². The number of benzene rings is 1. The first-order valence-corrected chi connectivity index (χ1v) is 8.18. The number of hydrogen-bond donors (Lipinski definition) is 1. The summed E-state index contributed by atoms with van der Waals surface area (Å²) in [7, 11) is 2.11. The van der Waals surface area contributed by atoms with E-state index in [1.807, 2.05) is 0 Å². The quantitative estimate of drug-likeness (QED) is 0.921. The van der Waals surface area contributed by atoms with Gasteiger partial charge in [0.15, 0.2) is 5.82 Å². The molecule has 0 amide bonds. The molecule has 1 atom stereocenters. The summed E-state index contributed by atoms with van der Waals surface area (Å²) in [6.07, 6.45) is 4.95. The van der Waals surface area contributed by atoms with Crippen LogP contribution in [0.4, 0.5) is 0 Å². The molecule has 1 aliphatic carbocycles. The Morgan fingerprint density at radius 3 is 2.95 bits per heavy atom. The number of rotatable bonds is 2. The van der Waals surface area contributed by atoms with Crippen LogP contribution < -0.4 is 5.32 Å². The first-order valence-electron chi connectivity index (χ1n) is 8.18. The van der Waals surface area contributed by atoms with E-state index >= 15 is 0 Å². The molecule has 5 heteroatoms. The van der Waals surface area contributed by atoms with Crippen LogP contribution in [0.25, 0.3) is 11.5 Å². The molecule has 1 unspecified atom stereocenters. The number of likely N-dealkylation sites (N-methyl/N-ethyl adjacent to an activating group) is 1. The Morgan fingerprint density at radius 1 is 1.23 bits per heavy atom. The molecule has 1 aromatic heterocycles. The van der Waals surface area contributed by atoms with Crippen LogP contribution in [0.5, 0.6) is 0 Å². The number of aryl methyl sites for hydroxylation is 2. The van der Waals surface area contributed by atoms with Crippen LogP contribution in [0.1, 0.15) is 35.8 Å². The van der Waals surface area contributed by atoms with Gasteiger partial charge < -0.3 is 9.84 Å². The van der Waals surface area contributed by atoms with Crippen LogP contribution in [-0.4, -0.2) is 41.7 Å². The molecule has 116 valence electrons. The van der Waals surface area contributed by atoms with Crippen LogP contribution in [0.15, 0.2) is 22.7 Å². The SMILES string of the molecule is CN1CCNCC1c1noc(-c2ccc3c(c2)CCCC3)n1. The molecule has 0 spiro atoms. The number of nitrogens with one attached hydrogen (secondary N) is 1. The zero-order valence-corrected chi connectivity index (χ0v) is 13.0. The first kappa shape index (κ1) is 13.9. The topological polar surface area (TPSA) is 54.2 Å². The van der Waals surface area contributed by atoms with Gasteiger partial charge in [0.05, 0.1) is 6.04 Å². The average Bonchev–Trinajstić information content (AvgIpc) is 3.04. The molecule has 1 N–H and O–H groups in total. The van der Waals surface area contributed by atoms with Crippen LogP contribution in [0.3, 0.4) is 0 Å². The van der Waals surface area contributed by atoms with Crippen molar-refractivity contribution in [2.24, 2.45) is 0 Å². The van der Waals surface area contributed by atoms with Gasteiger partial charge in [0.25, 0.3) is 5.89 Å². The van der Waals surface area contributed by atoms with Crippen molar-refractivity contribution >= 4 is 0 Å². The lowest BCUT2D eigenvalue weighted by Crippen LogP contribution is -2.44. The second kappa shape index (κ2) is 5.82. The van der Waals surface area contributed by atoms with Gasteiger partial charge in [0, 0.05) is 25.2 Å². The normalized spacial score (nSPS) is 22.5. The molecule has 1 aliphatic heterocycles. The lowest BCUT2D eigenvalue weighted by atomic mass is 9.90. The summed E-state index contributed by atoms with van der Waals surface area (Å²) < 4.78 is 5.53.